The van der Waals surface area contributed by atoms with Crippen molar-refractivity contribution in [3.05, 3.63) is 0 Å². The molecule has 5 nitrogen and oxygen atoms in total. The first-order valence-electron chi connectivity index (χ1n) is 14.3. The normalized spacial score (nSPS) is 43.9. The van der Waals surface area contributed by atoms with Crippen LogP contribution in [-0.4, -0.2) is 44.7 Å². The molecule has 34 heavy (non-hydrogen) atoms. The molecule has 194 valence electrons. The third-order valence-electron chi connectivity index (χ3n) is 11.4. The van der Waals surface area contributed by atoms with E-state index in [1.807, 2.05) is 0 Å². The average molecular weight is 476 g/mol. The van der Waals surface area contributed by atoms with Gasteiger partial charge in [0.05, 0.1) is 20.3 Å². The number of esters is 1. The predicted octanol–water partition coefficient (Wildman–Crippen LogP) is 5.57. The van der Waals surface area contributed by atoms with Gasteiger partial charge in [0.25, 0.3) is 0 Å². The summed E-state index contributed by atoms with van der Waals surface area (Å²) in [6, 6.07) is -0.167. The zero-order valence-electron chi connectivity index (χ0n) is 22.4. The van der Waals surface area contributed by atoms with Crippen molar-refractivity contribution in [2.45, 2.75) is 104 Å². The summed E-state index contributed by atoms with van der Waals surface area (Å²) in [6.07, 6.45) is 12.6. The van der Waals surface area contributed by atoms with E-state index in [0.717, 1.165) is 56.3 Å². The van der Waals surface area contributed by atoms with Gasteiger partial charge < -0.3 is 19.5 Å². The van der Waals surface area contributed by atoms with Gasteiger partial charge in [0.2, 0.25) is 0 Å². The number of nitrogens with one attached hydrogen (secondary N) is 1. The molecule has 1 N–H and O–H groups in total. The molecule has 1 aliphatic heterocycles. The zero-order valence-corrected chi connectivity index (χ0v) is 22.4. The lowest BCUT2D eigenvalue weighted by Crippen LogP contribution is -2.57. The highest BCUT2D eigenvalue weighted by molar-refractivity contribution is 5.75. The van der Waals surface area contributed by atoms with Crippen molar-refractivity contribution < 1.29 is 19.0 Å². The highest BCUT2D eigenvalue weighted by atomic mass is 16.7. The summed E-state index contributed by atoms with van der Waals surface area (Å²) in [5.41, 5.74) is 0.682. The van der Waals surface area contributed by atoms with E-state index in [1.54, 1.807) is 0 Å². The van der Waals surface area contributed by atoms with Crippen LogP contribution in [0.1, 0.15) is 91.9 Å². The van der Waals surface area contributed by atoms with Crippen LogP contribution in [0.2, 0.25) is 0 Å². The smallest absolute Gasteiger partial charge is 0.322 e. The molecule has 8 atom stereocenters. The van der Waals surface area contributed by atoms with E-state index in [4.69, 9.17) is 14.2 Å². The molecule has 0 aromatic heterocycles. The lowest BCUT2D eigenvalue weighted by atomic mass is 9.44. The zero-order chi connectivity index (χ0) is 24.1. The highest BCUT2D eigenvalue weighted by Crippen LogP contribution is 2.69. The minimum Gasteiger partial charge on any atom is -0.468 e. The molecule has 8 unspecified atom stereocenters. The molecule has 1 saturated heterocycles. The maximum absolute atomic E-state index is 12.3. The minimum atomic E-state index is -0.282. The van der Waals surface area contributed by atoms with Gasteiger partial charge in [-0.1, -0.05) is 27.7 Å². The molecule has 5 rings (SSSR count). The molecule has 0 radical (unpaired) electrons. The Morgan fingerprint density at radius 2 is 1.74 bits per heavy atom. The molecule has 1 heterocycles. The minimum absolute atomic E-state index is 0.107. The maximum Gasteiger partial charge on any atom is 0.322 e. The largest absolute Gasteiger partial charge is 0.468 e. The maximum atomic E-state index is 12.3. The van der Waals surface area contributed by atoms with E-state index >= 15 is 0 Å². The van der Waals surface area contributed by atoms with Gasteiger partial charge in [0.15, 0.2) is 5.79 Å². The molecule has 0 bridgehead atoms. The number of hydrogen-bond acceptors (Lipinski definition) is 5. The fourth-order valence-electron chi connectivity index (χ4n) is 9.60. The van der Waals surface area contributed by atoms with Crippen molar-refractivity contribution in [3.8, 4) is 0 Å². The Morgan fingerprint density at radius 3 is 2.44 bits per heavy atom. The topological polar surface area (TPSA) is 56.8 Å². The van der Waals surface area contributed by atoms with Gasteiger partial charge >= 0.3 is 5.97 Å². The molecule has 5 heteroatoms. The predicted molar refractivity (Wildman–Crippen MR) is 133 cm³/mol. The number of fused-ring (bicyclic) bond motifs is 6. The first kappa shape index (κ1) is 25.0. The van der Waals surface area contributed by atoms with Crippen LogP contribution in [0.4, 0.5) is 0 Å². The Morgan fingerprint density at radius 1 is 1.00 bits per heavy atom. The first-order chi connectivity index (χ1) is 16.2. The second-order valence-electron chi connectivity index (χ2n) is 13.4. The standard InChI is InChI=1S/C29H49NO4/c1-19(2)16-25(26(31)32-5)30-18-20-8-11-27(3)21(17-20)6-7-22-23(27)9-12-28(4)24(22)10-13-29(28)33-14-15-34-29/h19-25,30H,6-18H2,1-5H3. The van der Waals surface area contributed by atoms with Gasteiger partial charge in [0.1, 0.15) is 6.04 Å². The van der Waals surface area contributed by atoms with Crippen LogP contribution < -0.4 is 5.32 Å². The molecular formula is C29H49NO4. The van der Waals surface area contributed by atoms with E-state index in [1.165, 1.54) is 58.5 Å². The van der Waals surface area contributed by atoms with Crippen LogP contribution in [0.3, 0.4) is 0 Å². The summed E-state index contributed by atoms with van der Waals surface area (Å²) in [5.74, 6) is 4.06. The Labute approximate surface area is 207 Å². The Balaban J connectivity index is 1.23. The van der Waals surface area contributed by atoms with E-state index in [9.17, 15) is 4.79 Å². The summed E-state index contributed by atoms with van der Waals surface area (Å²) in [5, 5.41) is 3.60. The van der Waals surface area contributed by atoms with Gasteiger partial charge in [-0.15, -0.1) is 0 Å². The lowest BCUT2D eigenvalue weighted by Gasteiger charge is -2.61. The number of carbonyl (C=O) groups excluding carboxylic acids is 1. The number of hydrogen-bond donors (Lipinski definition) is 1. The number of rotatable bonds is 6. The Bertz CT molecular complexity index is 748. The quantitative estimate of drug-likeness (QED) is 0.509. The molecule has 1 spiro atoms. The van der Waals surface area contributed by atoms with Crippen LogP contribution in [0, 0.1) is 46.3 Å². The van der Waals surface area contributed by atoms with E-state index < -0.39 is 0 Å². The number of methoxy groups -OCH3 is 1. The van der Waals surface area contributed by atoms with E-state index in [-0.39, 0.29) is 23.2 Å². The van der Waals surface area contributed by atoms with Crippen molar-refractivity contribution >= 4 is 5.97 Å². The van der Waals surface area contributed by atoms with Crippen LogP contribution in [0.15, 0.2) is 0 Å². The van der Waals surface area contributed by atoms with E-state index in [0.29, 0.717) is 17.3 Å². The van der Waals surface area contributed by atoms with Gasteiger partial charge in [-0.2, -0.15) is 0 Å². The molecule has 4 aliphatic carbocycles. The highest BCUT2D eigenvalue weighted by Gasteiger charge is 2.67. The molecular weight excluding hydrogens is 426 g/mol. The van der Waals surface area contributed by atoms with Crippen molar-refractivity contribution in [2.75, 3.05) is 26.9 Å². The van der Waals surface area contributed by atoms with Crippen molar-refractivity contribution in [3.63, 3.8) is 0 Å². The lowest BCUT2D eigenvalue weighted by molar-refractivity contribution is -0.247. The van der Waals surface area contributed by atoms with Gasteiger partial charge in [-0.25, -0.2) is 0 Å². The third kappa shape index (κ3) is 3.96. The number of ether oxygens (including phenoxy) is 3. The monoisotopic (exact) mass is 475 g/mol. The van der Waals surface area contributed by atoms with Gasteiger partial charge in [-0.05, 0) is 105 Å². The number of carbonyl (C=O) groups is 1. The Hall–Kier alpha value is -0.650. The third-order valence-corrected chi connectivity index (χ3v) is 11.4. The van der Waals surface area contributed by atoms with Crippen LogP contribution in [-0.2, 0) is 19.0 Å². The van der Waals surface area contributed by atoms with Crippen molar-refractivity contribution in [2.24, 2.45) is 46.3 Å². The summed E-state index contributed by atoms with van der Waals surface area (Å²) in [6.45, 7) is 12.0. The van der Waals surface area contributed by atoms with Crippen molar-refractivity contribution in [1.82, 2.24) is 5.32 Å². The first-order valence-corrected chi connectivity index (χ1v) is 14.3. The van der Waals surface area contributed by atoms with Crippen molar-refractivity contribution in [1.29, 1.82) is 0 Å². The fraction of sp³-hybridized carbons (Fsp3) is 0.966. The second kappa shape index (κ2) is 9.34. The van der Waals surface area contributed by atoms with Crippen LogP contribution in [0.25, 0.3) is 0 Å². The van der Waals surface area contributed by atoms with Crippen LogP contribution in [0.5, 0.6) is 0 Å². The SMILES string of the molecule is COC(=O)C(CC(C)C)NCC1CCC2(C)C(CCC3C2CCC2(C)C3CCC23OCCO3)C1. The second-order valence-corrected chi connectivity index (χ2v) is 13.4. The molecule has 0 aromatic carbocycles. The molecule has 5 aliphatic rings. The summed E-state index contributed by atoms with van der Waals surface area (Å²) in [7, 11) is 1.51. The van der Waals surface area contributed by atoms with Crippen LogP contribution >= 0.6 is 0 Å². The fourth-order valence-corrected chi connectivity index (χ4v) is 9.60. The summed E-state index contributed by atoms with van der Waals surface area (Å²) in [4.78, 5) is 12.3. The van der Waals surface area contributed by atoms with Gasteiger partial charge in [-0.3, -0.25) is 4.79 Å². The Kier molecular flexibility index (Phi) is 6.87. The van der Waals surface area contributed by atoms with E-state index in [2.05, 4.69) is 33.0 Å². The summed E-state index contributed by atoms with van der Waals surface area (Å²) >= 11 is 0. The molecule has 0 amide bonds. The average Bonchev–Trinajstić information content (AvgIpc) is 3.41. The molecule has 4 saturated carbocycles. The van der Waals surface area contributed by atoms with Gasteiger partial charge in [0, 0.05) is 11.8 Å². The summed E-state index contributed by atoms with van der Waals surface area (Å²) < 4.78 is 17.7. The molecule has 0 aromatic rings. The molecule has 5 fully saturated rings.